The van der Waals surface area contributed by atoms with Crippen molar-refractivity contribution >= 4 is 22.2 Å². The molecule has 10 heteroatoms. The fourth-order valence-electron chi connectivity index (χ4n) is 1.57. The summed E-state index contributed by atoms with van der Waals surface area (Å²) in [5.74, 6) is 0. The minimum Gasteiger partial charge on any atom is -0.744 e. The van der Waals surface area contributed by atoms with Crippen molar-refractivity contribution in [3.05, 3.63) is 48.5 Å². The summed E-state index contributed by atoms with van der Waals surface area (Å²) in [5.41, 5.74) is 1.59. The van der Waals surface area contributed by atoms with Gasteiger partial charge in [0.1, 0.15) is 10.1 Å². The van der Waals surface area contributed by atoms with E-state index in [9.17, 15) is 18.2 Å². The first-order chi connectivity index (χ1) is 9.50. The molecule has 0 aliphatic heterocycles. The molecule has 0 bridgehead atoms. The Morgan fingerprint density at radius 1 is 0.864 bits per heavy atom. The molecule has 0 spiro atoms. The van der Waals surface area contributed by atoms with Gasteiger partial charge in [-0.1, -0.05) is 24.3 Å². The van der Waals surface area contributed by atoms with Gasteiger partial charge in [-0.15, -0.1) is 0 Å². The molecule has 0 amide bonds. The number of benzene rings is 2. The number of hydrogen-bond acceptors (Lipinski definition) is 7. The van der Waals surface area contributed by atoms with Gasteiger partial charge in [-0.25, -0.2) is 8.42 Å². The van der Waals surface area contributed by atoms with Crippen molar-refractivity contribution in [2.45, 2.75) is 9.79 Å². The molecule has 6 nitrogen and oxygen atoms in total. The molecule has 0 aliphatic rings. The van der Waals surface area contributed by atoms with Crippen molar-refractivity contribution in [2.75, 3.05) is 0 Å². The fourth-order valence-corrected chi connectivity index (χ4v) is 2.39. The molecular weight excluding hydrogens is 350 g/mol. The van der Waals surface area contributed by atoms with Crippen LogP contribution in [0, 0.1) is 0 Å². The third-order valence-corrected chi connectivity index (χ3v) is 3.93. The predicted octanol–water partition coefficient (Wildman–Crippen LogP) is -4.50. The third kappa shape index (κ3) is 6.60. The van der Waals surface area contributed by atoms with Crippen LogP contribution in [0.5, 0.6) is 0 Å². The van der Waals surface area contributed by atoms with Gasteiger partial charge in [0.15, 0.2) is 0 Å². The zero-order valence-electron chi connectivity index (χ0n) is 11.9. The van der Waals surface area contributed by atoms with E-state index in [2.05, 4.69) is 9.37 Å². The van der Waals surface area contributed by atoms with Gasteiger partial charge in [0.25, 0.3) is 0 Å². The maximum Gasteiger partial charge on any atom is 1.00 e. The largest absolute Gasteiger partial charge is 1.00 e. The van der Waals surface area contributed by atoms with Crippen LogP contribution in [0.15, 0.2) is 58.3 Å². The molecule has 22 heavy (non-hydrogen) atoms. The first-order valence-electron chi connectivity index (χ1n) is 5.30. The maximum absolute atomic E-state index is 10.8. The molecule has 0 unspecified atom stereocenters. The van der Waals surface area contributed by atoms with Crippen LogP contribution >= 0.6 is 12.0 Å². The average Bonchev–Trinajstić information content (AvgIpc) is 2.45. The van der Waals surface area contributed by atoms with Gasteiger partial charge in [0.2, 0.25) is 0 Å². The summed E-state index contributed by atoms with van der Waals surface area (Å²) in [4.78, 5) is 0.401. The summed E-state index contributed by atoms with van der Waals surface area (Å²) in [6, 6.07) is 12.5. The molecule has 2 rings (SSSR count). The van der Waals surface area contributed by atoms with E-state index in [1.54, 1.807) is 36.4 Å². The Labute approximate surface area is 176 Å². The van der Waals surface area contributed by atoms with Gasteiger partial charge in [0, 0.05) is 4.90 Å². The quantitative estimate of drug-likeness (QED) is 0.175. The summed E-state index contributed by atoms with van der Waals surface area (Å²) in [6.07, 6.45) is 0. The van der Waals surface area contributed by atoms with E-state index in [4.69, 9.17) is 0 Å². The van der Waals surface area contributed by atoms with E-state index in [0.29, 0.717) is 4.90 Å². The first kappa shape index (κ1) is 22.6. The van der Waals surface area contributed by atoms with Crippen molar-refractivity contribution in [3.8, 4) is 11.1 Å². The predicted molar refractivity (Wildman–Crippen MR) is 67.9 cm³/mol. The van der Waals surface area contributed by atoms with Crippen molar-refractivity contribution < 1.29 is 86.7 Å². The number of hydrogen-bond donors (Lipinski definition) is 0. The molecule has 2 aromatic carbocycles. The third-order valence-electron chi connectivity index (χ3n) is 2.49. The van der Waals surface area contributed by atoms with E-state index in [1.165, 1.54) is 12.1 Å². The van der Waals surface area contributed by atoms with Gasteiger partial charge >= 0.3 is 59.1 Å². The second-order valence-electron chi connectivity index (χ2n) is 3.72. The van der Waals surface area contributed by atoms with E-state index in [1.807, 2.05) is 0 Å². The smallest absolute Gasteiger partial charge is 0.744 e. The Hall–Kier alpha value is 0.580. The normalized spacial score (nSPS) is 10.5. The Bertz CT molecular complexity index is 674. The minimum atomic E-state index is -4.43. The second kappa shape index (κ2) is 10.4. The van der Waals surface area contributed by atoms with Gasteiger partial charge < -0.3 is 9.81 Å². The molecule has 0 aromatic heterocycles. The molecule has 106 valence electrons. The van der Waals surface area contributed by atoms with Crippen molar-refractivity contribution in [1.82, 2.24) is 0 Å². The molecule has 0 aliphatic carbocycles. The van der Waals surface area contributed by atoms with E-state index >= 15 is 0 Å². The van der Waals surface area contributed by atoms with Gasteiger partial charge in [0.05, 0.1) is 16.9 Å². The topological polar surface area (TPSA) is 98.7 Å². The van der Waals surface area contributed by atoms with Crippen LogP contribution in [0.4, 0.5) is 0 Å². The maximum atomic E-state index is 10.8. The van der Waals surface area contributed by atoms with Gasteiger partial charge in [-0.05, 0) is 35.4 Å². The molecule has 2 aromatic rings. The van der Waals surface area contributed by atoms with Gasteiger partial charge in [-0.3, -0.25) is 5.04 Å². The zero-order valence-corrected chi connectivity index (χ0v) is 17.5. The van der Waals surface area contributed by atoms with Crippen LogP contribution in [0.2, 0.25) is 0 Å². The first-order valence-corrected chi connectivity index (χ1v) is 7.45. The number of rotatable bonds is 5. The summed E-state index contributed by atoms with van der Waals surface area (Å²) in [7, 11) is -4.43. The Kier molecular flexibility index (Phi) is 10.7. The van der Waals surface area contributed by atoms with E-state index < -0.39 is 10.1 Å². The standard InChI is InChI=1S/C12H10O6S2.2Na/c13-17-18-19-11-5-1-9(2-6-11)10-3-7-12(8-4-10)20(14,15)16;;/h1-8,13H,(H,14,15,16);;/q;2*+1/p-2. The zero-order chi connectivity index (χ0) is 14.6. The Balaban J connectivity index is 0.00000220. The fraction of sp³-hybridized carbons (Fsp3) is 0. The molecule has 0 fully saturated rings. The molecule has 0 atom stereocenters. The molecule has 0 N–H and O–H groups in total. The molecular formula is C12H8Na2O6S2. The monoisotopic (exact) mass is 358 g/mol. The summed E-state index contributed by atoms with van der Waals surface area (Å²) in [6.45, 7) is 0. The molecule has 0 heterocycles. The summed E-state index contributed by atoms with van der Waals surface area (Å²) < 4.78 is 36.6. The second-order valence-corrected chi connectivity index (χ2v) is 5.88. The Morgan fingerprint density at radius 3 is 1.73 bits per heavy atom. The van der Waals surface area contributed by atoms with Gasteiger partial charge in [-0.2, -0.15) is 4.33 Å². The van der Waals surface area contributed by atoms with Crippen molar-refractivity contribution in [1.29, 1.82) is 0 Å². The van der Waals surface area contributed by atoms with E-state index in [0.717, 1.165) is 23.2 Å². The van der Waals surface area contributed by atoms with Crippen LogP contribution in [-0.4, -0.2) is 13.0 Å². The summed E-state index contributed by atoms with van der Waals surface area (Å²) in [5, 5.41) is 12.9. The van der Waals surface area contributed by atoms with Crippen LogP contribution in [0.25, 0.3) is 11.1 Å². The average molecular weight is 358 g/mol. The Morgan fingerprint density at radius 2 is 1.32 bits per heavy atom. The minimum absolute atomic E-state index is 0. The van der Waals surface area contributed by atoms with Crippen LogP contribution < -0.4 is 64.4 Å². The molecule has 0 radical (unpaired) electrons. The SMILES string of the molecule is O=S(=O)([O-])c1ccc(-c2ccc(SOO[O-])cc2)cc1.[Na+].[Na+]. The van der Waals surface area contributed by atoms with Crippen LogP contribution in [-0.2, 0) is 19.5 Å². The van der Waals surface area contributed by atoms with Crippen molar-refractivity contribution in [3.63, 3.8) is 0 Å². The molecule has 0 saturated heterocycles. The van der Waals surface area contributed by atoms with Crippen molar-refractivity contribution in [2.24, 2.45) is 0 Å². The van der Waals surface area contributed by atoms with Crippen LogP contribution in [0.3, 0.4) is 0 Å². The summed E-state index contributed by atoms with van der Waals surface area (Å²) >= 11 is 0.775. The van der Waals surface area contributed by atoms with E-state index in [-0.39, 0.29) is 64.0 Å². The van der Waals surface area contributed by atoms with Crippen LogP contribution in [0.1, 0.15) is 0 Å². The molecule has 0 saturated carbocycles.